The number of rotatable bonds is 3. The molecule has 2 rings (SSSR count). The highest BCUT2D eigenvalue weighted by Crippen LogP contribution is 2.21. The number of aryl methyl sites for hydroxylation is 2. The third-order valence-electron chi connectivity index (χ3n) is 3.12. The van der Waals surface area contributed by atoms with Gasteiger partial charge in [0.25, 0.3) is 0 Å². The van der Waals surface area contributed by atoms with Crippen LogP contribution in [0.1, 0.15) is 22.3 Å². The lowest BCUT2D eigenvalue weighted by atomic mass is 10.1. The number of benzene rings is 2. The van der Waals surface area contributed by atoms with Crippen LogP contribution in [0.25, 0.3) is 0 Å². The van der Waals surface area contributed by atoms with E-state index in [2.05, 4.69) is 11.8 Å². The van der Waals surface area contributed by atoms with Gasteiger partial charge in [-0.05, 0) is 43.2 Å². The van der Waals surface area contributed by atoms with Crippen LogP contribution in [0.5, 0.6) is 5.75 Å². The Balaban J connectivity index is 2.21. The Kier molecular flexibility index (Phi) is 4.97. The Bertz CT molecular complexity index is 698. The average molecular weight is 283 g/mol. The van der Waals surface area contributed by atoms with Crippen LogP contribution in [0, 0.1) is 31.5 Å². The highest BCUT2D eigenvalue weighted by atomic mass is 19.1. The lowest BCUT2D eigenvalue weighted by molar-refractivity contribution is 0.303. The molecule has 0 saturated heterocycles. The normalized spacial score (nSPS) is 9.90. The van der Waals surface area contributed by atoms with E-state index in [-0.39, 0.29) is 12.4 Å². The van der Waals surface area contributed by atoms with Crippen molar-refractivity contribution in [1.82, 2.24) is 0 Å². The number of ether oxygens (including phenoxy) is 1. The number of halogens is 1. The largest absolute Gasteiger partial charge is 0.489 e. The zero-order valence-corrected chi connectivity index (χ0v) is 12.2. The molecular weight excluding hydrogens is 265 g/mol. The molecule has 108 valence electrons. The fourth-order valence-corrected chi connectivity index (χ4v) is 1.96. The summed E-state index contributed by atoms with van der Waals surface area (Å²) < 4.78 is 19.2. The molecular formula is C18H18FNO. The minimum absolute atomic E-state index is 0.244. The molecule has 2 N–H and O–H groups in total. The summed E-state index contributed by atoms with van der Waals surface area (Å²) in [5, 5.41) is 0. The van der Waals surface area contributed by atoms with Gasteiger partial charge in [-0.25, -0.2) is 4.39 Å². The van der Waals surface area contributed by atoms with Gasteiger partial charge >= 0.3 is 0 Å². The van der Waals surface area contributed by atoms with Crippen molar-refractivity contribution in [2.75, 3.05) is 6.54 Å². The molecule has 0 bridgehead atoms. The van der Waals surface area contributed by atoms with Crippen molar-refractivity contribution >= 4 is 0 Å². The average Bonchev–Trinajstić information content (AvgIpc) is 2.47. The van der Waals surface area contributed by atoms with Crippen molar-refractivity contribution in [2.45, 2.75) is 20.5 Å². The second kappa shape index (κ2) is 6.92. The Morgan fingerprint density at radius 1 is 1.14 bits per heavy atom. The van der Waals surface area contributed by atoms with Gasteiger partial charge < -0.3 is 10.5 Å². The summed E-state index contributed by atoms with van der Waals surface area (Å²) in [5.41, 5.74) is 9.03. The monoisotopic (exact) mass is 283 g/mol. The van der Waals surface area contributed by atoms with Crippen LogP contribution in [0.4, 0.5) is 4.39 Å². The Morgan fingerprint density at radius 3 is 2.71 bits per heavy atom. The number of nitrogens with two attached hydrogens (primary N) is 1. The lowest BCUT2D eigenvalue weighted by Gasteiger charge is -2.11. The molecule has 0 aliphatic carbocycles. The van der Waals surface area contributed by atoms with Gasteiger partial charge in [-0.3, -0.25) is 0 Å². The zero-order chi connectivity index (χ0) is 15.2. The van der Waals surface area contributed by atoms with Crippen LogP contribution in [0.3, 0.4) is 0 Å². The standard InChI is InChI=1S/C18H18FNO/c1-13-5-6-14(2)18(10-13)21-12-16-7-8-17(19)11-15(16)4-3-9-20/h5-8,10-11H,9,12,20H2,1-2H3. The van der Waals surface area contributed by atoms with Crippen LogP contribution in [0.2, 0.25) is 0 Å². The summed E-state index contributed by atoms with van der Waals surface area (Å²) in [6, 6.07) is 10.6. The fraction of sp³-hybridized carbons (Fsp3) is 0.222. The second-order valence-corrected chi connectivity index (χ2v) is 4.86. The molecule has 0 aliphatic rings. The van der Waals surface area contributed by atoms with E-state index in [0.717, 1.165) is 22.4 Å². The SMILES string of the molecule is Cc1ccc(C)c(OCc2ccc(F)cc2C#CCN)c1. The van der Waals surface area contributed by atoms with Crippen LogP contribution in [0.15, 0.2) is 36.4 Å². The molecule has 0 atom stereocenters. The Hall–Kier alpha value is -2.31. The van der Waals surface area contributed by atoms with Gasteiger partial charge in [0.15, 0.2) is 0 Å². The molecule has 2 aromatic carbocycles. The first kappa shape index (κ1) is 15.1. The van der Waals surface area contributed by atoms with E-state index in [0.29, 0.717) is 12.2 Å². The van der Waals surface area contributed by atoms with Gasteiger partial charge in [-0.15, -0.1) is 0 Å². The minimum atomic E-state index is -0.313. The predicted molar refractivity (Wildman–Crippen MR) is 82.6 cm³/mol. The molecule has 0 spiro atoms. The molecule has 0 fully saturated rings. The maximum atomic E-state index is 13.3. The van der Waals surface area contributed by atoms with E-state index in [1.54, 1.807) is 6.07 Å². The van der Waals surface area contributed by atoms with Crippen molar-refractivity contribution < 1.29 is 9.13 Å². The lowest BCUT2D eigenvalue weighted by Crippen LogP contribution is -2.01. The maximum Gasteiger partial charge on any atom is 0.124 e. The van der Waals surface area contributed by atoms with Gasteiger partial charge in [0.2, 0.25) is 0 Å². The highest BCUT2D eigenvalue weighted by Gasteiger charge is 2.05. The smallest absolute Gasteiger partial charge is 0.124 e. The maximum absolute atomic E-state index is 13.3. The molecule has 0 amide bonds. The van der Waals surface area contributed by atoms with Crippen molar-refractivity contribution in [1.29, 1.82) is 0 Å². The van der Waals surface area contributed by atoms with Crippen LogP contribution >= 0.6 is 0 Å². The summed E-state index contributed by atoms with van der Waals surface area (Å²) in [6.45, 7) is 4.60. The van der Waals surface area contributed by atoms with Crippen molar-refractivity contribution in [3.05, 3.63) is 64.5 Å². The Labute approximate surface area is 124 Å². The first-order chi connectivity index (χ1) is 10.1. The van der Waals surface area contributed by atoms with Crippen molar-refractivity contribution in [3.8, 4) is 17.6 Å². The molecule has 2 nitrogen and oxygen atoms in total. The van der Waals surface area contributed by atoms with Crippen LogP contribution in [-0.2, 0) is 6.61 Å². The third-order valence-corrected chi connectivity index (χ3v) is 3.12. The summed E-state index contributed by atoms with van der Waals surface area (Å²) in [4.78, 5) is 0. The molecule has 0 heterocycles. The summed E-state index contributed by atoms with van der Waals surface area (Å²) in [5.74, 6) is 6.14. The predicted octanol–water partition coefficient (Wildman–Crippen LogP) is 3.33. The molecule has 0 radical (unpaired) electrons. The molecule has 0 aromatic heterocycles. The van der Waals surface area contributed by atoms with E-state index >= 15 is 0 Å². The fourth-order valence-electron chi connectivity index (χ4n) is 1.96. The highest BCUT2D eigenvalue weighted by molar-refractivity contribution is 5.42. The summed E-state index contributed by atoms with van der Waals surface area (Å²) >= 11 is 0. The molecule has 2 aromatic rings. The van der Waals surface area contributed by atoms with E-state index in [1.807, 2.05) is 32.0 Å². The van der Waals surface area contributed by atoms with Crippen molar-refractivity contribution in [3.63, 3.8) is 0 Å². The van der Waals surface area contributed by atoms with E-state index < -0.39 is 0 Å². The van der Waals surface area contributed by atoms with Crippen LogP contribution < -0.4 is 10.5 Å². The molecule has 0 aliphatic heterocycles. The minimum Gasteiger partial charge on any atom is -0.489 e. The van der Waals surface area contributed by atoms with E-state index in [9.17, 15) is 4.39 Å². The molecule has 0 unspecified atom stereocenters. The van der Waals surface area contributed by atoms with Gasteiger partial charge in [-0.2, -0.15) is 0 Å². The summed E-state index contributed by atoms with van der Waals surface area (Å²) in [7, 11) is 0. The molecule has 0 saturated carbocycles. The molecule has 3 heteroatoms. The van der Waals surface area contributed by atoms with Gasteiger partial charge in [0.1, 0.15) is 18.2 Å². The first-order valence-corrected chi connectivity index (χ1v) is 6.77. The molecule has 21 heavy (non-hydrogen) atoms. The number of hydrogen-bond acceptors (Lipinski definition) is 2. The topological polar surface area (TPSA) is 35.2 Å². The third kappa shape index (κ3) is 4.08. The van der Waals surface area contributed by atoms with Gasteiger partial charge in [0, 0.05) is 11.1 Å². The Morgan fingerprint density at radius 2 is 1.95 bits per heavy atom. The quantitative estimate of drug-likeness (QED) is 0.877. The summed E-state index contributed by atoms with van der Waals surface area (Å²) in [6.07, 6.45) is 0. The van der Waals surface area contributed by atoms with Crippen LogP contribution in [-0.4, -0.2) is 6.54 Å². The van der Waals surface area contributed by atoms with Gasteiger partial charge in [-0.1, -0.05) is 30.0 Å². The van der Waals surface area contributed by atoms with Crippen molar-refractivity contribution in [2.24, 2.45) is 5.73 Å². The second-order valence-electron chi connectivity index (χ2n) is 4.86. The zero-order valence-electron chi connectivity index (χ0n) is 12.2. The van der Waals surface area contributed by atoms with Gasteiger partial charge in [0.05, 0.1) is 6.54 Å². The van der Waals surface area contributed by atoms with E-state index in [1.165, 1.54) is 12.1 Å². The van der Waals surface area contributed by atoms with E-state index in [4.69, 9.17) is 10.5 Å². The first-order valence-electron chi connectivity index (χ1n) is 6.77. The number of hydrogen-bond donors (Lipinski definition) is 1.